The summed E-state index contributed by atoms with van der Waals surface area (Å²) in [6.07, 6.45) is 1.44. The molecule has 1 heterocycles. The molecule has 1 aliphatic heterocycles. The molecule has 1 aliphatic rings. The molecular formula is C29H46O2S. The molecular weight excluding hydrogens is 412 g/mol. The van der Waals surface area contributed by atoms with E-state index in [9.17, 15) is 5.11 Å². The van der Waals surface area contributed by atoms with Crippen molar-refractivity contribution in [2.45, 2.75) is 79.6 Å². The molecule has 3 rings (SSSR count). The van der Waals surface area contributed by atoms with Crippen molar-refractivity contribution in [1.29, 1.82) is 0 Å². The van der Waals surface area contributed by atoms with Gasteiger partial charge in [0.25, 0.3) is 0 Å². The van der Waals surface area contributed by atoms with Gasteiger partial charge in [0.2, 0.25) is 0 Å². The molecule has 1 N–H and O–H groups in total. The second-order valence-corrected chi connectivity index (χ2v) is 12.9. The van der Waals surface area contributed by atoms with Crippen molar-refractivity contribution in [3.63, 3.8) is 0 Å². The minimum Gasteiger partial charge on any atom is -0.508 e. The lowest BCUT2D eigenvalue weighted by Gasteiger charge is -2.25. The summed E-state index contributed by atoms with van der Waals surface area (Å²) in [4.78, 5) is 0. The highest BCUT2D eigenvalue weighted by molar-refractivity contribution is 7.99. The van der Waals surface area contributed by atoms with Gasteiger partial charge in [-0.3, -0.25) is 0 Å². The number of hydrogen-bond acceptors (Lipinski definition) is 3. The topological polar surface area (TPSA) is 29.5 Å². The van der Waals surface area contributed by atoms with Gasteiger partial charge in [0, 0.05) is 0 Å². The van der Waals surface area contributed by atoms with Crippen molar-refractivity contribution in [3.05, 3.63) is 59.7 Å². The maximum absolute atomic E-state index is 9.18. The Labute approximate surface area is 202 Å². The molecule has 0 bridgehead atoms. The van der Waals surface area contributed by atoms with Crippen LogP contribution in [0.4, 0.5) is 0 Å². The van der Waals surface area contributed by atoms with Crippen LogP contribution in [0.2, 0.25) is 0 Å². The molecule has 0 aromatic heterocycles. The molecule has 0 spiro atoms. The van der Waals surface area contributed by atoms with Crippen molar-refractivity contribution >= 4 is 11.8 Å². The third-order valence-electron chi connectivity index (χ3n) is 5.82. The monoisotopic (exact) mass is 458 g/mol. The highest BCUT2D eigenvalue weighted by Gasteiger charge is 2.27. The smallest absolute Gasteiger partial charge is 0.118 e. The summed E-state index contributed by atoms with van der Waals surface area (Å²) in [6.45, 7) is 20.0. The zero-order valence-electron chi connectivity index (χ0n) is 22.1. The van der Waals surface area contributed by atoms with Gasteiger partial charge in [-0.15, -0.1) is 0 Å². The minimum atomic E-state index is 0.124. The first-order valence-electron chi connectivity index (χ1n) is 11.7. The van der Waals surface area contributed by atoms with Crippen LogP contribution in [0, 0.1) is 11.3 Å². The van der Waals surface area contributed by atoms with Gasteiger partial charge in [0.15, 0.2) is 0 Å². The molecule has 3 heteroatoms. The molecule has 2 aromatic rings. The van der Waals surface area contributed by atoms with Gasteiger partial charge in [0.05, 0.1) is 7.11 Å². The minimum absolute atomic E-state index is 0.124. The van der Waals surface area contributed by atoms with Crippen molar-refractivity contribution < 1.29 is 9.84 Å². The van der Waals surface area contributed by atoms with Gasteiger partial charge >= 0.3 is 0 Å². The fraction of sp³-hybridized carbons (Fsp3) is 0.586. The molecule has 0 radical (unpaired) electrons. The van der Waals surface area contributed by atoms with Gasteiger partial charge in [-0.05, 0) is 75.5 Å². The third kappa shape index (κ3) is 10.3. The lowest BCUT2D eigenvalue weighted by molar-refractivity contribution is 0.268. The van der Waals surface area contributed by atoms with Crippen LogP contribution in [0.15, 0.2) is 48.5 Å². The Kier molecular flexibility index (Phi) is 10.7. The molecule has 1 atom stereocenters. The zero-order valence-corrected chi connectivity index (χ0v) is 22.9. The van der Waals surface area contributed by atoms with E-state index in [0.29, 0.717) is 11.2 Å². The Bertz CT molecular complexity index is 784. The third-order valence-corrected chi connectivity index (χ3v) is 6.99. The van der Waals surface area contributed by atoms with Crippen LogP contribution in [-0.4, -0.2) is 23.7 Å². The predicted molar refractivity (Wildman–Crippen MR) is 143 cm³/mol. The van der Waals surface area contributed by atoms with Gasteiger partial charge < -0.3 is 9.84 Å². The Morgan fingerprint density at radius 2 is 1.38 bits per heavy atom. The van der Waals surface area contributed by atoms with Gasteiger partial charge in [0.1, 0.15) is 11.5 Å². The summed E-state index contributed by atoms with van der Waals surface area (Å²) in [5, 5.41) is 9.18. The van der Waals surface area contributed by atoms with Crippen molar-refractivity contribution in [2.24, 2.45) is 11.3 Å². The van der Waals surface area contributed by atoms with Crippen LogP contribution in [0.5, 0.6) is 11.5 Å². The fourth-order valence-corrected chi connectivity index (χ4v) is 4.85. The molecule has 2 nitrogen and oxygen atoms in total. The van der Waals surface area contributed by atoms with Crippen molar-refractivity contribution in [1.82, 2.24) is 0 Å². The number of phenols is 1. The molecule has 2 aromatic carbocycles. The van der Waals surface area contributed by atoms with Crippen LogP contribution in [-0.2, 0) is 10.8 Å². The number of benzene rings is 2. The second-order valence-electron chi connectivity index (χ2n) is 11.7. The van der Waals surface area contributed by atoms with Gasteiger partial charge in [-0.2, -0.15) is 11.8 Å². The first-order chi connectivity index (χ1) is 14.6. The first-order valence-corrected chi connectivity index (χ1v) is 12.8. The number of rotatable bonds is 1. The lowest BCUT2D eigenvalue weighted by atomic mass is 9.81. The van der Waals surface area contributed by atoms with E-state index in [2.05, 4.69) is 86.2 Å². The molecule has 1 fully saturated rings. The molecule has 1 saturated heterocycles. The second kappa shape index (κ2) is 12.0. The average molecular weight is 459 g/mol. The van der Waals surface area contributed by atoms with E-state index in [0.717, 1.165) is 17.2 Å². The summed E-state index contributed by atoms with van der Waals surface area (Å²) in [5.41, 5.74) is 3.41. The van der Waals surface area contributed by atoms with Crippen LogP contribution in [0.25, 0.3) is 0 Å². The highest BCUT2D eigenvalue weighted by Crippen LogP contribution is 2.37. The van der Waals surface area contributed by atoms with Crippen LogP contribution < -0.4 is 4.74 Å². The standard InChI is InChI=1S/C11H16O.C10H14O.C8H16S/c1-11(2,3)9-5-7-10(12-4)8-6-9;1-10(2,3)8-5-4-6-9(11)7-8;1-8(2,3)7-4-5-9-6-7/h5-8H,1-4H3;4-7,11H,1-3H3;7H,4-6H2,1-3H3. The van der Waals surface area contributed by atoms with Gasteiger partial charge in [-0.25, -0.2) is 0 Å². The van der Waals surface area contributed by atoms with Crippen LogP contribution >= 0.6 is 11.8 Å². The van der Waals surface area contributed by atoms with E-state index in [1.165, 1.54) is 23.5 Å². The molecule has 1 unspecified atom stereocenters. The largest absolute Gasteiger partial charge is 0.508 e. The molecule has 0 saturated carbocycles. The molecule has 0 aliphatic carbocycles. The van der Waals surface area contributed by atoms with E-state index in [4.69, 9.17) is 4.74 Å². The number of phenolic OH excluding ortho intramolecular Hbond substituents is 1. The SMILES string of the molecule is CC(C)(C)C1CCSC1.CC(C)(C)c1cccc(O)c1.COc1ccc(C(C)(C)C)cc1. The summed E-state index contributed by atoms with van der Waals surface area (Å²) in [5.74, 6) is 5.02. The number of thioether (sulfide) groups is 1. The Morgan fingerprint density at radius 1 is 0.812 bits per heavy atom. The number of hydrogen-bond donors (Lipinski definition) is 1. The van der Waals surface area contributed by atoms with E-state index >= 15 is 0 Å². The summed E-state index contributed by atoms with van der Waals surface area (Å²) in [6, 6.07) is 15.6. The average Bonchev–Trinajstić information content (AvgIpc) is 3.23. The predicted octanol–water partition coefficient (Wildman–Crippen LogP) is 8.47. The molecule has 32 heavy (non-hydrogen) atoms. The lowest BCUT2D eigenvalue weighted by Crippen LogP contribution is -2.19. The Balaban J connectivity index is 0.000000242. The number of ether oxygens (including phenoxy) is 1. The van der Waals surface area contributed by atoms with Crippen molar-refractivity contribution in [3.8, 4) is 11.5 Å². The normalized spacial score (nSPS) is 16.4. The van der Waals surface area contributed by atoms with E-state index in [1.54, 1.807) is 19.2 Å². The highest BCUT2D eigenvalue weighted by atomic mass is 32.2. The van der Waals surface area contributed by atoms with Crippen molar-refractivity contribution in [2.75, 3.05) is 18.6 Å². The summed E-state index contributed by atoms with van der Waals surface area (Å²) in [7, 11) is 1.69. The number of methoxy groups -OCH3 is 1. The summed E-state index contributed by atoms with van der Waals surface area (Å²) >= 11 is 2.11. The zero-order chi connectivity index (χ0) is 24.6. The maximum atomic E-state index is 9.18. The maximum Gasteiger partial charge on any atom is 0.118 e. The molecule has 0 amide bonds. The Morgan fingerprint density at radius 3 is 1.69 bits per heavy atom. The van der Waals surface area contributed by atoms with Crippen LogP contribution in [0.1, 0.15) is 79.9 Å². The van der Waals surface area contributed by atoms with Gasteiger partial charge in [-0.1, -0.05) is 86.6 Å². The first kappa shape index (κ1) is 28.4. The summed E-state index contributed by atoms with van der Waals surface area (Å²) < 4.78 is 5.08. The fourth-order valence-electron chi connectivity index (χ4n) is 3.28. The molecule has 180 valence electrons. The Hall–Kier alpha value is -1.61. The van der Waals surface area contributed by atoms with E-state index in [-0.39, 0.29) is 10.8 Å². The number of aromatic hydroxyl groups is 1. The van der Waals surface area contributed by atoms with Crippen LogP contribution in [0.3, 0.4) is 0 Å². The van der Waals surface area contributed by atoms with E-state index < -0.39 is 0 Å². The van der Waals surface area contributed by atoms with E-state index in [1.807, 2.05) is 24.3 Å². The quantitative estimate of drug-likeness (QED) is 0.464.